The molecule has 164 valence electrons. The van der Waals surface area contributed by atoms with E-state index in [4.69, 9.17) is 9.47 Å². The van der Waals surface area contributed by atoms with E-state index in [9.17, 15) is 9.18 Å². The number of hydrogen-bond acceptors (Lipinski definition) is 5. The Hall–Kier alpha value is -3.00. The van der Waals surface area contributed by atoms with Gasteiger partial charge in [-0.3, -0.25) is 4.79 Å². The summed E-state index contributed by atoms with van der Waals surface area (Å²) in [6.45, 7) is 5.05. The predicted molar refractivity (Wildman–Crippen MR) is 114 cm³/mol. The highest BCUT2D eigenvalue weighted by Crippen LogP contribution is 2.31. The number of carbonyl (C=O) groups is 1. The highest BCUT2D eigenvalue weighted by atomic mass is 19.1. The lowest BCUT2D eigenvalue weighted by Gasteiger charge is -2.35. The molecule has 0 bridgehead atoms. The molecule has 2 heterocycles. The maximum atomic E-state index is 13.5. The third-order valence-electron chi connectivity index (χ3n) is 5.44. The Kier molecular flexibility index (Phi) is 6.46. The summed E-state index contributed by atoms with van der Waals surface area (Å²) in [6.07, 6.45) is 5.49. The minimum absolute atomic E-state index is 0.0125. The number of benzene rings is 1. The van der Waals surface area contributed by atoms with Gasteiger partial charge in [0.25, 0.3) is 0 Å². The van der Waals surface area contributed by atoms with Crippen molar-refractivity contribution in [2.75, 3.05) is 13.2 Å². The molecular weight excluding hydrogens is 399 g/mol. The van der Waals surface area contributed by atoms with Gasteiger partial charge in [-0.1, -0.05) is 12.1 Å². The third kappa shape index (κ3) is 5.38. The van der Waals surface area contributed by atoms with Gasteiger partial charge in [-0.15, -0.1) is 0 Å². The van der Waals surface area contributed by atoms with Crippen molar-refractivity contribution in [1.82, 2.24) is 19.9 Å². The van der Waals surface area contributed by atoms with Gasteiger partial charge in [0.2, 0.25) is 11.8 Å². The minimum atomic E-state index is -0.250. The Labute approximate surface area is 180 Å². The fourth-order valence-corrected chi connectivity index (χ4v) is 3.87. The minimum Gasteiger partial charge on any atom is -0.477 e. The molecule has 3 aromatic rings. The van der Waals surface area contributed by atoms with Gasteiger partial charge in [-0.2, -0.15) is 0 Å². The van der Waals surface area contributed by atoms with Gasteiger partial charge in [-0.05, 0) is 49.4 Å². The highest BCUT2D eigenvalue weighted by molar-refractivity contribution is 5.81. The Morgan fingerprint density at radius 1 is 1.32 bits per heavy atom. The summed E-state index contributed by atoms with van der Waals surface area (Å²) in [5.74, 6) is 0.684. The number of nitrogens with zero attached hydrogens (tertiary/aromatic N) is 3. The van der Waals surface area contributed by atoms with Crippen LogP contribution in [0.15, 0.2) is 42.9 Å². The molecule has 1 aliphatic rings. The first-order chi connectivity index (χ1) is 15.0. The van der Waals surface area contributed by atoms with E-state index < -0.39 is 0 Å². The van der Waals surface area contributed by atoms with Crippen LogP contribution in [0.1, 0.15) is 32.3 Å². The second kappa shape index (κ2) is 9.43. The van der Waals surface area contributed by atoms with Crippen molar-refractivity contribution >= 4 is 16.9 Å². The largest absolute Gasteiger partial charge is 0.477 e. The molecule has 1 aliphatic carbocycles. The maximum Gasteiger partial charge on any atom is 0.226 e. The highest BCUT2D eigenvalue weighted by Gasteiger charge is 2.31. The second-order valence-corrected chi connectivity index (χ2v) is 8.20. The van der Waals surface area contributed by atoms with E-state index >= 15 is 0 Å². The Morgan fingerprint density at radius 2 is 2.16 bits per heavy atom. The van der Waals surface area contributed by atoms with Crippen LogP contribution in [0.2, 0.25) is 0 Å². The zero-order valence-corrected chi connectivity index (χ0v) is 17.8. The Bertz CT molecular complexity index is 1050. The van der Waals surface area contributed by atoms with Crippen LogP contribution < -0.4 is 10.1 Å². The van der Waals surface area contributed by atoms with E-state index in [2.05, 4.69) is 15.3 Å². The van der Waals surface area contributed by atoms with Gasteiger partial charge >= 0.3 is 0 Å². The van der Waals surface area contributed by atoms with Crippen molar-refractivity contribution in [2.45, 2.75) is 45.4 Å². The quantitative estimate of drug-likeness (QED) is 0.568. The van der Waals surface area contributed by atoms with E-state index in [0.29, 0.717) is 31.6 Å². The molecule has 1 atom stereocenters. The number of fused-ring (bicyclic) bond motifs is 1. The molecule has 7 nitrogen and oxygen atoms in total. The topological polar surface area (TPSA) is 78.3 Å². The van der Waals surface area contributed by atoms with Crippen LogP contribution >= 0.6 is 0 Å². The Morgan fingerprint density at radius 3 is 2.94 bits per heavy atom. The molecule has 1 N–H and O–H groups in total. The molecule has 31 heavy (non-hydrogen) atoms. The fraction of sp³-hybridized carbons (Fsp3) is 0.435. The first-order valence-electron chi connectivity index (χ1n) is 10.5. The van der Waals surface area contributed by atoms with Gasteiger partial charge in [0.1, 0.15) is 17.8 Å². The summed E-state index contributed by atoms with van der Waals surface area (Å²) in [7, 11) is 0. The van der Waals surface area contributed by atoms with Crippen LogP contribution in [-0.4, -0.2) is 45.8 Å². The van der Waals surface area contributed by atoms with Crippen molar-refractivity contribution in [1.29, 1.82) is 0 Å². The third-order valence-corrected chi connectivity index (χ3v) is 5.44. The molecular formula is C23H27FN4O3. The number of halogens is 1. The van der Waals surface area contributed by atoms with Crippen LogP contribution in [0.4, 0.5) is 4.39 Å². The lowest BCUT2D eigenvalue weighted by molar-refractivity contribution is -0.120. The molecule has 0 unspecified atom stereocenters. The first kappa shape index (κ1) is 21.2. The molecule has 0 saturated heterocycles. The molecule has 0 aliphatic heterocycles. The summed E-state index contributed by atoms with van der Waals surface area (Å²) >= 11 is 0. The predicted octanol–water partition coefficient (Wildman–Crippen LogP) is 3.32. The molecule has 8 heteroatoms. The van der Waals surface area contributed by atoms with Gasteiger partial charge in [0, 0.05) is 25.7 Å². The number of ether oxygens (including phenoxy) is 2. The van der Waals surface area contributed by atoms with E-state index in [1.54, 1.807) is 6.07 Å². The van der Waals surface area contributed by atoms with E-state index in [-0.39, 0.29) is 23.9 Å². The zero-order chi connectivity index (χ0) is 21.8. The fourth-order valence-electron chi connectivity index (χ4n) is 3.87. The normalized spacial score (nSPS) is 19.1. The summed E-state index contributed by atoms with van der Waals surface area (Å²) in [6, 6.07) is 8.50. The molecule has 0 spiro atoms. The lowest BCUT2D eigenvalue weighted by Crippen LogP contribution is -2.40. The van der Waals surface area contributed by atoms with Crippen molar-refractivity contribution in [2.24, 2.45) is 5.92 Å². The smallest absolute Gasteiger partial charge is 0.226 e. The number of rotatable bonds is 9. The van der Waals surface area contributed by atoms with E-state index in [1.165, 1.54) is 25.4 Å². The molecule has 1 saturated carbocycles. The summed E-state index contributed by atoms with van der Waals surface area (Å²) in [4.78, 5) is 19.7. The lowest BCUT2D eigenvalue weighted by atomic mass is 9.83. The molecule has 4 rings (SSSR count). The number of nitrogens with one attached hydrogen (secondary N) is 1. The molecule has 1 amide bonds. The molecule has 0 radical (unpaired) electrons. The van der Waals surface area contributed by atoms with Gasteiger partial charge in [0.15, 0.2) is 0 Å². The zero-order valence-electron chi connectivity index (χ0n) is 17.8. The van der Waals surface area contributed by atoms with E-state index in [0.717, 1.165) is 29.4 Å². The summed E-state index contributed by atoms with van der Waals surface area (Å²) in [5.41, 5.74) is 1.63. The molecule has 1 aromatic carbocycles. The summed E-state index contributed by atoms with van der Waals surface area (Å²) < 4.78 is 27.3. The molecule has 2 aromatic heterocycles. The van der Waals surface area contributed by atoms with Crippen LogP contribution in [0, 0.1) is 11.7 Å². The number of carbonyl (C=O) groups excluding carboxylic acids is 1. The number of amides is 1. The average Bonchev–Trinajstić information content (AvgIpc) is 3.09. The van der Waals surface area contributed by atoms with Gasteiger partial charge in [-0.25, -0.2) is 14.4 Å². The number of hydrogen-bond donors (Lipinski definition) is 1. The van der Waals surface area contributed by atoms with Crippen LogP contribution in [0.25, 0.3) is 11.0 Å². The summed E-state index contributed by atoms with van der Waals surface area (Å²) in [5, 5.41) is 3.66. The van der Waals surface area contributed by atoms with Crippen molar-refractivity contribution in [3.05, 3.63) is 54.2 Å². The number of aromatic nitrogens is 3. The second-order valence-electron chi connectivity index (χ2n) is 8.20. The average molecular weight is 426 g/mol. The monoisotopic (exact) mass is 426 g/mol. The van der Waals surface area contributed by atoms with Gasteiger partial charge in [0.05, 0.1) is 24.7 Å². The van der Waals surface area contributed by atoms with Crippen molar-refractivity contribution in [3.8, 4) is 5.88 Å². The SMILES string of the molecule is CC(=O)N[C@@H](C)COC1CC(COc2ncnc3c2ccn3Cc2cccc(F)c2)C1. The van der Waals surface area contributed by atoms with Gasteiger partial charge < -0.3 is 19.4 Å². The van der Waals surface area contributed by atoms with Crippen molar-refractivity contribution < 1.29 is 18.7 Å². The van der Waals surface area contributed by atoms with Crippen molar-refractivity contribution in [3.63, 3.8) is 0 Å². The van der Waals surface area contributed by atoms with Crippen LogP contribution in [-0.2, 0) is 16.1 Å². The van der Waals surface area contributed by atoms with E-state index in [1.807, 2.05) is 29.8 Å². The maximum absolute atomic E-state index is 13.5. The molecule has 1 fully saturated rings. The standard InChI is InChI=1S/C23H27FN4O3/c1-15(27-16(2)29)12-30-20-9-18(10-20)13-31-23-21-6-7-28(22(21)25-14-26-23)11-17-4-3-5-19(24)8-17/h3-8,14-15,18,20H,9-13H2,1-2H3,(H,27,29)/t15-,18?,20?/m0/s1. The Balaban J connectivity index is 1.29. The first-order valence-corrected chi connectivity index (χ1v) is 10.5. The van der Waals surface area contributed by atoms with Crippen LogP contribution in [0.5, 0.6) is 5.88 Å². The van der Waals surface area contributed by atoms with Crippen LogP contribution in [0.3, 0.4) is 0 Å².